The Labute approximate surface area is 157 Å². The topological polar surface area (TPSA) is 78.5 Å². The number of hydrogen-bond donors (Lipinski definition) is 2. The third-order valence-corrected chi connectivity index (χ3v) is 6.56. The van der Waals surface area contributed by atoms with Crippen molar-refractivity contribution in [2.75, 3.05) is 24.4 Å². The van der Waals surface area contributed by atoms with Crippen molar-refractivity contribution in [1.29, 1.82) is 0 Å². The molecule has 1 aromatic carbocycles. The lowest BCUT2D eigenvalue weighted by molar-refractivity contribution is 0.0709. The molecule has 2 N–H and O–H groups in total. The number of nitrogens with zero attached hydrogens (tertiary/aromatic N) is 1. The maximum absolute atomic E-state index is 12.6. The molecule has 1 saturated heterocycles. The highest BCUT2D eigenvalue weighted by Crippen LogP contribution is 2.21. The average molecular weight is 402 g/mol. The predicted octanol–water partition coefficient (Wildman–Crippen LogP) is 2.40. The van der Waals surface area contributed by atoms with Crippen LogP contribution in [0.2, 0.25) is 0 Å². The van der Waals surface area contributed by atoms with E-state index in [4.69, 9.17) is 0 Å². The zero-order valence-electron chi connectivity index (χ0n) is 13.6. The number of carbonyl (C=O) groups is 1. The highest BCUT2D eigenvalue weighted by Gasteiger charge is 2.22. The fourth-order valence-electron chi connectivity index (χ4n) is 2.64. The second kappa shape index (κ2) is 8.18. The summed E-state index contributed by atoms with van der Waals surface area (Å²) >= 11 is 1.15. The van der Waals surface area contributed by atoms with E-state index in [1.807, 2.05) is 6.92 Å². The number of hydrogen-bond acceptors (Lipinski definition) is 5. The molecule has 0 spiro atoms. The number of sulfonamides is 1. The average Bonchev–Trinajstić information content (AvgIpc) is 3.09. The van der Waals surface area contributed by atoms with Crippen LogP contribution in [0.1, 0.15) is 17.3 Å². The standard InChI is InChI=1S/C16H19N3O3S2.ClH/c1-12-11-19(8-7-17-12)16(20)13-4-2-5-14(10-13)18-24(21,22)15-6-3-9-23-15;/h2-6,9-10,12,17-18H,7-8,11H2,1H3;1H. The van der Waals surface area contributed by atoms with Gasteiger partial charge in [0.15, 0.2) is 0 Å². The van der Waals surface area contributed by atoms with Crippen LogP contribution in [0.25, 0.3) is 0 Å². The molecule has 1 atom stereocenters. The highest BCUT2D eigenvalue weighted by molar-refractivity contribution is 7.94. The van der Waals surface area contributed by atoms with Gasteiger partial charge in [-0.3, -0.25) is 9.52 Å². The number of nitrogens with one attached hydrogen (secondary N) is 2. The fourth-order valence-corrected chi connectivity index (χ4v) is 4.68. The minimum atomic E-state index is -3.61. The minimum Gasteiger partial charge on any atom is -0.336 e. The van der Waals surface area contributed by atoms with Gasteiger partial charge in [-0.15, -0.1) is 23.7 Å². The maximum Gasteiger partial charge on any atom is 0.271 e. The highest BCUT2D eigenvalue weighted by atomic mass is 35.5. The number of anilines is 1. The van der Waals surface area contributed by atoms with E-state index >= 15 is 0 Å². The first-order chi connectivity index (χ1) is 11.5. The molecular weight excluding hydrogens is 382 g/mol. The zero-order valence-corrected chi connectivity index (χ0v) is 16.1. The smallest absolute Gasteiger partial charge is 0.271 e. The van der Waals surface area contributed by atoms with Crippen LogP contribution in [0.5, 0.6) is 0 Å². The summed E-state index contributed by atoms with van der Waals surface area (Å²) in [6, 6.07) is 10.1. The lowest BCUT2D eigenvalue weighted by Gasteiger charge is -2.32. The Morgan fingerprint density at radius 2 is 2.12 bits per heavy atom. The van der Waals surface area contributed by atoms with Crippen molar-refractivity contribution in [3.63, 3.8) is 0 Å². The molecule has 2 heterocycles. The van der Waals surface area contributed by atoms with E-state index in [2.05, 4.69) is 10.0 Å². The van der Waals surface area contributed by atoms with Crippen LogP contribution in [-0.2, 0) is 10.0 Å². The van der Waals surface area contributed by atoms with Crippen molar-refractivity contribution in [1.82, 2.24) is 10.2 Å². The van der Waals surface area contributed by atoms with Gasteiger partial charge in [0.25, 0.3) is 15.9 Å². The summed E-state index contributed by atoms with van der Waals surface area (Å²) in [5, 5.41) is 5.00. The lowest BCUT2D eigenvalue weighted by atomic mass is 10.1. The Hall–Kier alpha value is -1.61. The molecule has 25 heavy (non-hydrogen) atoms. The number of thiophene rings is 1. The Kier molecular flexibility index (Phi) is 6.45. The van der Waals surface area contributed by atoms with Gasteiger partial charge in [0.05, 0.1) is 0 Å². The molecule has 1 fully saturated rings. The molecule has 1 aliphatic rings. The molecule has 1 aliphatic heterocycles. The number of carbonyl (C=O) groups excluding carboxylic acids is 1. The second-order valence-corrected chi connectivity index (χ2v) is 8.58. The monoisotopic (exact) mass is 401 g/mol. The predicted molar refractivity (Wildman–Crippen MR) is 102 cm³/mol. The summed E-state index contributed by atoms with van der Waals surface area (Å²) in [4.78, 5) is 14.4. The Morgan fingerprint density at radius 1 is 1.32 bits per heavy atom. The normalized spacial score (nSPS) is 17.6. The van der Waals surface area contributed by atoms with Crippen LogP contribution in [0.15, 0.2) is 46.0 Å². The molecular formula is C16H20ClN3O3S2. The molecule has 3 rings (SSSR count). The minimum absolute atomic E-state index is 0. The lowest BCUT2D eigenvalue weighted by Crippen LogP contribution is -2.51. The van der Waals surface area contributed by atoms with Crippen molar-refractivity contribution in [3.05, 3.63) is 47.3 Å². The van der Waals surface area contributed by atoms with Gasteiger partial charge in [0, 0.05) is 36.9 Å². The van der Waals surface area contributed by atoms with E-state index < -0.39 is 10.0 Å². The molecule has 0 bridgehead atoms. The third-order valence-electron chi connectivity index (χ3n) is 3.78. The number of amides is 1. The van der Waals surface area contributed by atoms with Crippen LogP contribution >= 0.6 is 23.7 Å². The van der Waals surface area contributed by atoms with Crippen molar-refractivity contribution in [2.24, 2.45) is 0 Å². The molecule has 1 amide bonds. The van der Waals surface area contributed by atoms with Crippen molar-refractivity contribution in [2.45, 2.75) is 17.2 Å². The van der Waals surface area contributed by atoms with Crippen molar-refractivity contribution < 1.29 is 13.2 Å². The Balaban J connectivity index is 0.00000225. The fraction of sp³-hybridized carbons (Fsp3) is 0.312. The number of piperazine rings is 1. The molecule has 2 aromatic rings. The molecule has 0 aliphatic carbocycles. The molecule has 9 heteroatoms. The van der Waals surface area contributed by atoms with Crippen LogP contribution < -0.4 is 10.0 Å². The van der Waals surface area contributed by atoms with Gasteiger partial charge in [-0.05, 0) is 36.6 Å². The summed E-state index contributed by atoms with van der Waals surface area (Å²) in [5.41, 5.74) is 0.868. The number of benzene rings is 1. The quantitative estimate of drug-likeness (QED) is 0.824. The zero-order chi connectivity index (χ0) is 17.2. The van der Waals surface area contributed by atoms with E-state index in [-0.39, 0.29) is 28.6 Å². The summed E-state index contributed by atoms with van der Waals surface area (Å²) in [5.74, 6) is -0.0829. The number of halogens is 1. The van der Waals surface area contributed by atoms with E-state index in [0.29, 0.717) is 24.3 Å². The van der Waals surface area contributed by atoms with E-state index in [0.717, 1.165) is 17.9 Å². The van der Waals surface area contributed by atoms with Gasteiger partial charge in [-0.2, -0.15) is 0 Å². The van der Waals surface area contributed by atoms with Gasteiger partial charge in [-0.1, -0.05) is 12.1 Å². The first-order valence-electron chi connectivity index (χ1n) is 7.65. The van der Waals surface area contributed by atoms with Crippen molar-refractivity contribution >= 4 is 45.4 Å². The van der Waals surface area contributed by atoms with Gasteiger partial charge < -0.3 is 10.2 Å². The molecule has 1 unspecified atom stereocenters. The third kappa shape index (κ3) is 4.72. The summed E-state index contributed by atoms with van der Waals surface area (Å²) in [6.07, 6.45) is 0. The SMILES string of the molecule is CC1CN(C(=O)c2cccc(NS(=O)(=O)c3cccs3)c2)CCN1.Cl. The molecule has 6 nitrogen and oxygen atoms in total. The maximum atomic E-state index is 12.6. The Morgan fingerprint density at radius 3 is 2.80 bits per heavy atom. The summed E-state index contributed by atoms with van der Waals surface area (Å²) in [7, 11) is -3.61. The van der Waals surface area contributed by atoms with Gasteiger partial charge >= 0.3 is 0 Å². The van der Waals surface area contributed by atoms with Gasteiger partial charge in [0.2, 0.25) is 0 Å². The molecule has 0 radical (unpaired) electrons. The van der Waals surface area contributed by atoms with Crippen molar-refractivity contribution in [3.8, 4) is 0 Å². The summed E-state index contributed by atoms with van der Waals surface area (Å²) < 4.78 is 27.3. The number of rotatable bonds is 4. The van der Waals surface area contributed by atoms with Crippen LogP contribution in [0.4, 0.5) is 5.69 Å². The molecule has 136 valence electrons. The van der Waals surface area contributed by atoms with E-state index in [1.54, 1.807) is 46.7 Å². The second-order valence-electron chi connectivity index (χ2n) is 5.72. The van der Waals surface area contributed by atoms with Crippen LogP contribution in [0.3, 0.4) is 0 Å². The Bertz CT molecular complexity index is 825. The largest absolute Gasteiger partial charge is 0.336 e. The van der Waals surface area contributed by atoms with Crippen LogP contribution in [0, 0.1) is 0 Å². The van der Waals surface area contributed by atoms with E-state index in [9.17, 15) is 13.2 Å². The molecule has 1 aromatic heterocycles. The first kappa shape index (κ1) is 19.7. The van der Waals surface area contributed by atoms with E-state index in [1.165, 1.54) is 0 Å². The van der Waals surface area contributed by atoms with Gasteiger partial charge in [-0.25, -0.2) is 8.42 Å². The first-order valence-corrected chi connectivity index (χ1v) is 10.0. The van der Waals surface area contributed by atoms with Gasteiger partial charge in [0.1, 0.15) is 4.21 Å². The van der Waals surface area contributed by atoms with Crippen LogP contribution in [-0.4, -0.2) is 44.9 Å². The summed E-state index contributed by atoms with van der Waals surface area (Å²) in [6.45, 7) is 4.08. The molecule has 0 saturated carbocycles.